The molecule has 0 aromatic carbocycles. The van der Waals surface area contributed by atoms with E-state index in [1.54, 1.807) is 25.5 Å². The van der Waals surface area contributed by atoms with Gasteiger partial charge in [-0.1, -0.05) is 12.0 Å². The lowest BCUT2D eigenvalue weighted by atomic mass is 10.3. The molecule has 0 fully saturated rings. The van der Waals surface area contributed by atoms with Crippen molar-refractivity contribution in [3.05, 3.63) is 30.1 Å². The normalized spacial score (nSPS) is 9.47. The predicted octanol–water partition coefficient (Wildman–Crippen LogP) is 0.653. The van der Waals surface area contributed by atoms with Crippen LogP contribution in [0.2, 0.25) is 0 Å². The van der Waals surface area contributed by atoms with E-state index < -0.39 is 18.5 Å². The summed E-state index contributed by atoms with van der Waals surface area (Å²) in [6.45, 7) is -0.115. The topological polar surface area (TPSA) is 73.7 Å². The third-order valence-corrected chi connectivity index (χ3v) is 2.35. The van der Waals surface area contributed by atoms with Gasteiger partial charge in [-0.25, -0.2) is 4.79 Å². The van der Waals surface area contributed by atoms with E-state index >= 15 is 0 Å². The van der Waals surface area contributed by atoms with Crippen LogP contribution in [-0.2, 0) is 11.3 Å². The molecule has 0 saturated heterocycles. The van der Waals surface area contributed by atoms with Gasteiger partial charge in [-0.3, -0.25) is 9.78 Å². The van der Waals surface area contributed by atoms with Crippen molar-refractivity contribution in [2.24, 2.45) is 0 Å². The number of pyridine rings is 1. The first-order valence-electron chi connectivity index (χ1n) is 5.58. The Morgan fingerprint density at radius 1 is 1.53 bits per heavy atom. The highest BCUT2D eigenvalue weighted by Gasteiger charge is 2.19. The maximum absolute atomic E-state index is 12.0. The highest BCUT2D eigenvalue weighted by atomic mass is 16.4. The number of aliphatic carboxylic acids is 1. The Morgan fingerprint density at radius 3 is 2.79 bits per heavy atom. The van der Waals surface area contributed by atoms with Gasteiger partial charge in [0, 0.05) is 26.0 Å². The lowest BCUT2D eigenvalue weighted by Gasteiger charge is -2.25. The van der Waals surface area contributed by atoms with Crippen LogP contribution in [0.5, 0.6) is 0 Å². The Balaban J connectivity index is 2.68. The Morgan fingerprint density at radius 2 is 2.26 bits per heavy atom. The highest BCUT2D eigenvalue weighted by Crippen LogP contribution is 2.04. The summed E-state index contributed by atoms with van der Waals surface area (Å²) in [6, 6.07) is 3.17. The summed E-state index contributed by atoms with van der Waals surface area (Å²) in [6.07, 6.45) is 8.41. The summed E-state index contributed by atoms with van der Waals surface area (Å²) in [5.74, 6) is 1.18. The quantitative estimate of drug-likeness (QED) is 0.790. The molecule has 6 nitrogen and oxygen atoms in total. The average molecular weight is 261 g/mol. The zero-order valence-electron chi connectivity index (χ0n) is 10.6. The summed E-state index contributed by atoms with van der Waals surface area (Å²) in [7, 11) is 1.58. The van der Waals surface area contributed by atoms with Gasteiger partial charge in [-0.05, 0) is 11.6 Å². The first-order chi connectivity index (χ1) is 9.04. The number of nitrogens with zero attached hydrogens (tertiary/aromatic N) is 3. The third-order valence-electron chi connectivity index (χ3n) is 2.35. The van der Waals surface area contributed by atoms with Gasteiger partial charge in [0.2, 0.25) is 0 Å². The second-order valence-electron chi connectivity index (χ2n) is 3.95. The maximum atomic E-state index is 12.0. The summed E-state index contributed by atoms with van der Waals surface area (Å²) >= 11 is 0. The van der Waals surface area contributed by atoms with E-state index in [9.17, 15) is 9.59 Å². The fourth-order valence-electron chi connectivity index (χ4n) is 1.54. The SMILES string of the molecule is C#CCN(CC(=O)O)C(=O)N(C)Cc1cccnc1. The molecule has 0 spiro atoms. The Hall–Kier alpha value is -2.55. The van der Waals surface area contributed by atoms with Crippen LogP contribution in [0.1, 0.15) is 5.56 Å². The number of carbonyl (C=O) groups excluding carboxylic acids is 1. The van der Waals surface area contributed by atoms with E-state index in [2.05, 4.69) is 10.9 Å². The van der Waals surface area contributed by atoms with Crippen molar-refractivity contribution in [3.63, 3.8) is 0 Å². The summed E-state index contributed by atoms with van der Waals surface area (Å²) < 4.78 is 0. The fraction of sp³-hybridized carbons (Fsp3) is 0.308. The summed E-state index contributed by atoms with van der Waals surface area (Å²) in [4.78, 5) is 29.2. The van der Waals surface area contributed by atoms with Crippen LogP contribution in [0.15, 0.2) is 24.5 Å². The molecule has 1 aromatic heterocycles. The van der Waals surface area contributed by atoms with Gasteiger partial charge >= 0.3 is 12.0 Å². The van der Waals surface area contributed by atoms with E-state index in [1.165, 1.54) is 4.90 Å². The number of carboxylic acid groups (broad SMARTS) is 1. The Bertz CT molecular complexity index is 482. The first-order valence-corrected chi connectivity index (χ1v) is 5.58. The molecule has 0 saturated carbocycles. The maximum Gasteiger partial charge on any atom is 0.323 e. The van der Waals surface area contributed by atoms with Crippen molar-refractivity contribution < 1.29 is 14.7 Å². The number of hydrogen-bond acceptors (Lipinski definition) is 3. The smallest absolute Gasteiger partial charge is 0.323 e. The van der Waals surface area contributed by atoms with Crippen LogP contribution in [0.3, 0.4) is 0 Å². The number of amides is 2. The Labute approximate surface area is 111 Å². The molecule has 0 bridgehead atoms. The third kappa shape index (κ3) is 4.68. The van der Waals surface area contributed by atoms with Crippen molar-refractivity contribution >= 4 is 12.0 Å². The van der Waals surface area contributed by atoms with Gasteiger partial charge in [0.25, 0.3) is 0 Å². The molecule has 19 heavy (non-hydrogen) atoms. The second-order valence-corrected chi connectivity index (χ2v) is 3.95. The van der Waals surface area contributed by atoms with Crippen LogP contribution in [0, 0.1) is 12.3 Å². The molecule has 0 aliphatic rings. The van der Waals surface area contributed by atoms with Gasteiger partial charge in [0.05, 0.1) is 6.54 Å². The summed E-state index contributed by atoms with van der Waals surface area (Å²) in [5.41, 5.74) is 0.856. The number of carboxylic acids is 1. The van der Waals surface area contributed by atoms with Crippen molar-refractivity contribution in [3.8, 4) is 12.3 Å². The number of aromatic nitrogens is 1. The van der Waals surface area contributed by atoms with Crippen molar-refractivity contribution in [1.29, 1.82) is 0 Å². The molecular weight excluding hydrogens is 246 g/mol. The van der Waals surface area contributed by atoms with Crippen molar-refractivity contribution in [2.75, 3.05) is 20.1 Å². The van der Waals surface area contributed by atoms with Gasteiger partial charge in [0.15, 0.2) is 0 Å². The molecular formula is C13H15N3O3. The predicted molar refractivity (Wildman–Crippen MR) is 69.1 cm³/mol. The van der Waals surface area contributed by atoms with Crippen molar-refractivity contribution in [2.45, 2.75) is 6.54 Å². The fourth-order valence-corrected chi connectivity index (χ4v) is 1.54. The van der Waals surface area contributed by atoms with Gasteiger partial charge < -0.3 is 14.9 Å². The minimum absolute atomic E-state index is 0.0392. The molecule has 0 aliphatic carbocycles. The zero-order chi connectivity index (χ0) is 14.3. The lowest BCUT2D eigenvalue weighted by molar-refractivity contribution is -0.137. The molecule has 100 valence electrons. The zero-order valence-corrected chi connectivity index (χ0v) is 10.6. The molecule has 1 aromatic rings. The molecule has 1 heterocycles. The lowest BCUT2D eigenvalue weighted by Crippen LogP contribution is -2.43. The van der Waals surface area contributed by atoms with Crippen LogP contribution < -0.4 is 0 Å². The molecule has 0 unspecified atom stereocenters. The van der Waals surface area contributed by atoms with E-state index in [4.69, 9.17) is 11.5 Å². The minimum atomic E-state index is -1.10. The molecule has 0 aliphatic heterocycles. The highest BCUT2D eigenvalue weighted by molar-refractivity contribution is 5.80. The van der Waals surface area contributed by atoms with Crippen LogP contribution in [0.4, 0.5) is 4.79 Å². The number of urea groups is 1. The van der Waals surface area contributed by atoms with E-state index in [-0.39, 0.29) is 6.54 Å². The van der Waals surface area contributed by atoms with Crippen LogP contribution in [-0.4, -0.2) is 52.0 Å². The number of terminal acetylenes is 1. The molecule has 6 heteroatoms. The molecule has 0 atom stereocenters. The van der Waals surface area contributed by atoms with Gasteiger partial charge in [0.1, 0.15) is 6.54 Å². The number of carbonyl (C=O) groups is 2. The monoisotopic (exact) mass is 261 g/mol. The average Bonchev–Trinajstić information content (AvgIpc) is 2.38. The first kappa shape index (κ1) is 14.5. The van der Waals surface area contributed by atoms with Crippen molar-refractivity contribution in [1.82, 2.24) is 14.8 Å². The number of hydrogen-bond donors (Lipinski definition) is 1. The van der Waals surface area contributed by atoms with Crippen LogP contribution >= 0.6 is 0 Å². The molecule has 2 amide bonds. The molecule has 1 rings (SSSR count). The summed E-state index contributed by atoms with van der Waals surface area (Å²) in [5, 5.41) is 8.74. The van der Waals surface area contributed by atoms with Gasteiger partial charge in [-0.15, -0.1) is 6.42 Å². The van der Waals surface area contributed by atoms with Crippen LogP contribution in [0.25, 0.3) is 0 Å². The van der Waals surface area contributed by atoms with Gasteiger partial charge in [-0.2, -0.15) is 0 Å². The Kier molecular flexibility index (Phi) is 5.35. The van der Waals surface area contributed by atoms with E-state index in [0.29, 0.717) is 6.54 Å². The number of rotatable bonds is 5. The molecule has 1 N–H and O–H groups in total. The largest absolute Gasteiger partial charge is 0.480 e. The standard InChI is InChI=1S/C13H15N3O3/c1-3-7-16(10-12(17)18)13(19)15(2)9-11-5-4-6-14-8-11/h1,4-6,8H,7,9-10H2,2H3,(H,17,18). The second kappa shape index (κ2) is 7.01. The van der Waals surface area contributed by atoms with E-state index in [0.717, 1.165) is 10.5 Å². The van der Waals surface area contributed by atoms with E-state index in [1.807, 2.05) is 6.07 Å². The minimum Gasteiger partial charge on any atom is -0.480 e. The molecule has 0 radical (unpaired) electrons.